The summed E-state index contributed by atoms with van der Waals surface area (Å²) in [6, 6.07) is 10.5. The number of non-ortho nitro benzene ring substituents is 1. The van der Waals surface area contributed by atoms with E-state index in [0.717, 1.165) is 24.3 Å². The highest BCUT2D eigenvalue weighted by molar-refractivity contribution is 7.92. The van der Waals surface area contributed by atoms with E-state index < -0.39 is 14.9 Å². The topological polar surface area (TPSA) is 110 Å². The quantitative estimate of drug-likeness (QED) is 0.656. The molecule has 0 fully saturated rings. The van der Waals surface area contributed by atoms with Gasteiger partial charge in [0, 0.05) is 37.5 Å². The zero-order valence-corrected chi connectivity index (χ0v) is 13.8. The summed E-state index contributed by atoms with van der Waals surface area (Å²) in [7, 11) is -0.636. The number of nitro groups is 1. The van der Waals surface area contributed by atoms with Gasteiger partial charge in [-0.05, 0) is 36.4 Å². The van der Waals surface area contributed by atoms with E-state index in [1.54, 1.807) is 14.1 Å². The first-order valence-corrected chi connectivity index (χ1v) is 8.28. The second-order valence-corrected chi connectivity index (χ2v) is 6.82. The van der Waals surface area contributed by atoms with Crippen LogP contribution in [0.1, 0.15) is 10.4 Å². The number of carbonyl (C=O) groups excluding carboxylic acids is 1. The molecule has 0 saturated heterocycles. The van der Waals surface area contributed by atoms with E-state index in [9.17, 15) is 23.3 Å². The SMILES string of the molecule is CN(C)C(=O)c1ccc(NS(=O)(=O)c2ccc([N+](=O)[O-])cc2)cc1. The van der Waals surface area contributed by atoms with Crippen LogP contribution in [-0.4, -0.2) is 38.2 Å². The molecule has 0 heterocycles. The minimum atomic E-state index is -3.87. The minimum Gasteiger partial charge on any atom is -0.345 e. The van der Waals surface area contributed by atoms with Crippen molar-refractivity contribution in [1.82, 2.24) is 4.90 Å². The summed E-state index contributed by atoms with van der Waals surface area (Å²) >= 11 is 0. The van der Waals surface area contributed by atoms with E-state index in [4.69, 9.17) is 0 Å². The van der Waals surface area contributed by atoms with Crippen molar-refractivity contribution in [1.29, 1.82) is 0 Å². The Morgan fingerprint density at radius 3 is 2.04 bits per heavy atom. The second kappa shape index (κ2) is 6.67. The molecule has 1 N–H and O–H groups in total. The van der Waals surface area contributed by atoms with E-state index in [2.05, 4.69) is 4.72 Å². The van der Waals surface area contributed by atoms with Crippen LogP contribution in [0.2, 0.25) is 0 Å². The first kappa shape index (κ1) is 17.4. The molecule has 0 spiro atoms. The normalized spacial score (nSPS) is 10.9. The maximum Gasteiger partial charge on any atom is 0.269 e. The molecule has 0 unspecified atom stereocenters. The zero-order chi connectivity index (χ0) is 17.9. The minimum absolute atomic E-state index is 0.0958. The van der Waals surface area contributed by atoms with Crippen molar-refractivity contribution in [3.63, 3.8) is 0 Å². The van der Waals surface area contributed by atoms with Gasteiger partial charge in [-0.3, -0.25) is 19.6 Å². The van der Waals surface area contributed by atoms with Crippen LogP contribution in [0.3, 0.4) is 0 Å². The third-order valence-electron chi connectivity index (χ3n) is 3.15. The average Bonchev–Trinajstić information content (AvgIpc) is 2.54. The maximum atomic E-state index is 12.3. The Hall–Kier alpha value is -2.94. The van der Waals surface area contributed by atoms with Gasteiger partial charge in [0.15, 0.2) is 0 Å². The molecule has 126 valence electrons. The molecule has 0 aliphatic heterocycles. The summed E-state index contributed by atoms with van der Waals surface area (Å²) < 4.78 is 26.9. The predicted octanol–water partition coefficient (Wildman–Crippen LogP) is 2.10. The molecule has 0 aliphatic carbocycles. The highest BCUT2D eigenvalue weighted by Gasteiger charge is 2.16. The molecule has 0 aromatic heterocycles. The van der Waals surface area contributed by atoms with Gasteiger partial charge in [-0.25, -0.2) is 8.42 Å². The number of rotatable bonds is 5. The number of hydrogen-bond donors (Lipinski definition) is 1. The Balaban J connectivity index is 2.20. The molecule has 2 aromatic carbocycles. The number of nitrogens with zero attached hydrogens (tertiary/aromatic N) is 2. The van der Waals surface area contributed by atoms with Gasteiger partial charge in [-0.1, -0.05) is 0 Å². The van der Waals surface area contributed by atoms with Gasteiger partial charge in [0.2, 0.25) is 0 Å². The molecular formula is C15H15N3O5S. The number of benzene rings is 2. The van der Waals surface area contributed by atoms with Crippen molar-refractivity contribution in [2.24, 2.45) is 0 Å². The Labute approximate surface area is 138 Å². The van der Waals surface area contributed by atoms with Gasteiger partial charge in [-0.2, -0.15) is 0 Å². The van der Waals surface area contributed by atoms with Crippen LogP contribution in [0, 0.1) is 10.1 Å². The molecular weight excluding hydrogens is 334 g/mol. The lowest BCUT2D eigenvalue weighted by Gasteiger charge is -2.11. The van der Waals surface area contributed by atoms with Gasteiger partial charge in [0.1, 0.15) is 0 Å². The molecule has 2 rings (SSSR count). The van der Waals surface area contributed by atoms with Crippen molar-refractivity contribution in [2.75, 3.05) is 18.8 Å². The molecule has 0 radical (unpaired) electrons. The van der Waals surface area contributed by atoms with E-state index in [-0.39, 0.29) is 22.2 Å². The molecule has 2 aromatic rings. The Morgan fingerprint density at radius 2 is 1.58 bits per heavy atom. The fourth-order valence-corrected chi connectivity index (χ4v) is 2.96. The van der Waals surface area contributed by atoms with Gasteiger partial charge >= 0.3 is 0 Å². The van der Waals surface area contributed by atoms with E-state index >= 15 is 0 Å². The molecule has 0 aliphatic rings. The number of sulfonamides is 1. The van der Waals surface area contributed by atoms with Crippen LogP contribution in [0.4, 0.5) is 11.4 Å². The summed E-state index contributed by atoms with van der Waals surface area (Å²) in [6.45, 7) is 0. The highest BCUT2D eigenvalue weighted by Crippen LogP contribution is 2.19. The van der Waals surface area contributed by atoms with Crippen LogP contribution in [0.5, 0.6) is 0 Å². The van der Waals surface area contributed by atoms with Gasteiger partial charge in [-0.15, -0.1) is 0 Å². The van der Waals surface area contributed by atoms with Crippen molar-refractivity contribution >= 4 is 27.3 Å². The Kier molecular flexibility index (Phi) is 4.84. The second-order valence-electron chi connectivity index (χ2n) is 5.13. The maximum absolute atomic E-state index is 12.3. The number of carbonyl (C=O) groups is 1. The number of nitro benzene ring substituents is 1. The summed E-state index contributed by atoms with van der Waals surface area (Å²) in [5, 5.41) is 10.6. The van der Waals surface area contributed by atoms with Gasteiger partial charge < -0.3 is 4.90 Å². The van der Waals surface area contributed by atoms with E-state index in [0.29, 0.717) is 5.56 Å². The number of amides is 1. The van der Waals surface area contributed by atoms with E-state index in [1.165, 1.54) is 29.2 Å². The van der Waals surface area contributed by atoms with E-state index in [1.807, 2.05) is 0 Å². The number of nitrogens with one attached hydrogen (secondary N) is 1. The Morgan fingerprint density at radius 1 is 1.04 bits per heavy atom. The molecule has 0 atom stereocenters. The average molecular weight is 349 g/mol. The first-order valence-electron chi connectivity index (χ1n) is 6.80. The highest BCUT2D eigenvalue weighted by atomic mass is 32.2. The lowest BCUT2D eigenvalue weighted by Crippen LogP contribution is -2.21. The lowest BCUT2D eigenvalue weighted by molar-refractivity contribution is -0.384. The fraction of sp³-hybridized carbons (Fsp3) is 0.133. The van der Waals surface area contributed by atoms with Crippen LogP contribution < -0.4 is 4.72 Å². The molecule has 9 heteroatoms. The number of anilines is 1. The zero-order valence-electron chi connectivity index (χ0n) is 13.0. The van der Waals surface area contributed by atoms with Crippen molar-refractivity contribution < 1.29 is 18.1 Å². The Bertz CT molecular complexity index is 859. The molecule has 8 nitrogen and oxygen atoms in total. The molecule has 1 amide bonds. The summed E-state index contributed by atoms with van der Waals surface area (Å²) in [4.78, 5) is 23.1. The fourth-order valence-electron chi connectivity index (χ4n) is 1.90. The van der Waals surface area contributed by atoms with Crippen LogP contribution >= 0.6 is 0 Å². The third kappa shape index (κ3) is 3.87. The largest absolute Gasteiger partial charge is 0.345 e. The van der Waals surface area contributed by atoms with Gasteiger partial charge in [0.05, 0.1) is 9.82 Å². The third-order valence-corrected chi connectivity index (χ3v) is 4.55. The molecule has 24 heavy (non-hydrogen) atoms. The van der Waals surface area contributed by atoms with Crippen LogP contribution in [0.15, 0.2) is 53.4 Å². The summed E-state index contributed by atoms with van der Waals surface area (Å²) in [5.74, 6) is -0.195. The lowest BCUT2D eigenvalue weighted by atomic mass is 10.2. The molecule has 0 bridgehead atoms. The van der Waals surface area contributed by atoms with Crippen LogP contribution in [-0.2, 0) is 10.0 Å². The van der Waals surface area contributed by atoms with Crippen molar-refractivity contribution in [3.8, 4) is 0 Å². The standard InChI is InChI=1S/C15H15N3O5S/c1-17(2)15(19)11-3-5-12(6-4-11)16-24(22,23)14-9-7-13(8-10-14)18(20)21/h3-10,16H,1-2H3. The summed E-state index contributed by atoms with van der Waals surface area (Å²) in [6.07, 6.45) is 0. The first-order chi connectivity index (χ1) is 11.2. The smallest absolute Gasteiger partial charge is 0.269 e. The van der Waals surface area contributed by atoms with Crippen molar-refractivity contribution in [2.45, 2.75) is 4.90 Å². The van der Waals surface area contributed by atoms with Crippen molar-refractivity contribution in [3.05, 3.63) is 64.2 Å². The molecule has 0 saturated carbocycles. The number of hydrogen-bond acceptors (Lipinski definition) is 5. The van der Waals surface area contributed by atoms with Gasteiger partial charge in [0.25, 0.3) is 21.6 Å². The summed E-state index contributed by atoms with van der Waals surface area (Å²) in [5.41, 5.74) is 0.516. The monoisotopic (exact) mass is 349 g/mol. The van der Waals surface area contributed by atoms with Crippen LogP contribution in [0.25, 0.3) is 0 Å². The predicted molar refractivity (Wildman–Crippen MR) is 88.4 cm³/mol.